The second-order valence-electron chi connectivity index (χ2n) is 6.70. The molecule has 0 amide bonds. The van der Waals surface area contributed by atoms with Crippen molar-refractivity contribution in [2.45, 2.75) is 45.7 Å². The van der Waals surface area contributed by atoms with Crippen molar-refractivity contribution < 1.29 is 13.9 Å². The molecule has 29 heavy (non-hydrogen) atoms. The van der Waals surface area contributed by atoms with E-state index in [4.69, 9.17) is 13.9 Å². The van der Waals surface area contributed by atoms with E-state index in [0.717, 1.165) is 48.0 Å². The zero-order valence-electron chi connectivity index (χ0n) is 17.4. The Balaban J connectivity index is 1.53. The highest BCUT2D eigenvalue weighted by molar-refractivity contribution is 7.99. The average Bonchev–Trinajstić information content (AvgIpc) is 3.13. The van der Waals surface area contributed by atoms with Crippen LogP contribution in [-0.2, 0) is 17.8 Å². The zero-order valence-corrected chi connectivity index (χ0v) is 18.2. The minimum absolute atomic E-state index is 0.273. The predicted molar refractivity (Wildman–Crippen MR) is 119 cm³/mol. The summed E-state index contributed by atoms with van der Waals surface area (Å²) in [6.45, 7) is 7.29. The summed E-state index contributed by atoms with van der Waals surface area (Å²) in [5.74, 6) is 3.33. The molecule has 0 radical (unpaired) electrons. The molecule has 0 fully saturated rings. The molecule has 0 bridgehead atoms. The quantitative estimate of drug-likeness (QED) is 0.348. The van der Waals surface area contributed by atoms with Gasteiger partial charge in [-0.15, -0.1) is 11.8 Å². The van der Waals surface area contributed by atoms with Gasteiger partial charge in [0.25, 0.3) is 0 Å². The van der Waals surface area contributed by atoms with Crippen LogP contribution in [0.15, 0.2) is 59.0 Å². The molecule has 1 aromatic heterocycles. The maximum atomic E-state index is 5.93. The molecule has 3 rings (SSSR count). The number of aromatic nitrogens is 1. The zero-order chi connectivity index (χ0) is 20.5. The van der Waals surface area contributed by atoms with E-state index in [9.17, 15) is 0 Å². The Morgan fingerprint density at radius 1 is 1.03 bits per heavy atom. The molecular weight excluding hydrogens is 382 g/mol. The third kappa shape index (κ3) is 6.38. The van der Waals surface area contributed by atoms with Crippen LogP contribution < -0.4 is 4.74 Å². The molecule has 1 unspecified atom stereocenters. The lowest BCUT2D eigenvalue weighted by Crippen LogP contribution is -2.10. The number of thioether (sulfide) groups is 1. The van der Waals surface area contributed by atoms with Crippen LogP contribution >= 0.6 is 11.8 Å². The minimum atomic E-state index is 0.273. The van der Waals surface area contributed by atoms with Crippen molar-refractivity contribution in [3.05, 3.63) is 71.6 Å². The molecule has 0 saturated carbocycles. The predicted octanol–water partition coefficient (Wildman–Crippen LogP) is 6.28. The van der Waals surface area contributed by atoms with Crippen LogP contribution in [0.2, 0.25) is 0 Å². The lowest BCUT2D eigenvalue weighted by Gasteiger charge is -2.15. The second-order valence-corrected chi connectivity index (χ2v) is 8.14. The molecule has 0 aliphatic rings. The number of aryl methyl sites for hydroxylation is 2. The fraction of sp³-hybridized carbons (Fsp3) is 0.375. The van der Waals surface area contributed by atoms with Crippen molar-refractivity contribution in [3.63, 3.8) is 0 Å². The standard InChI is InChI=1S/C24H29NO3S/c1-4-26-23(29-5-2)16-13-19-11-14-21(15-12-19)27-17-22-18(3)28-24(25-22)20-9-7-6-8-10-20/h6-12,14-15,23H,4-5,13,16-17H2,1-3H3. The van der Waals surface area contributed by atoms with E-state index < -0.39 is 0 Å². The van der Waals surface area contributed by atoms with Gasteiger partial charge < -0.3 is 13.9 Å². The molecular formula is C24H29NO3S. The summed E-state index contributed by atoms with van der Waals surface area (Å²) < 4.78 is 17.5. The molecule has 1 heterocycles. The van der Waals surface area contributed by atoms with Crippen molar-refractivity contribution in [2.75, 3.05) is 12.4 Å². The molecule has 4 nitrogen and oxygen atoms in total. The highest BCUT2D eigenvalue weighted by atomic mass is 32.2. The first kappa shape index (κ1) is 21.5. The summed E-state index contributed by atoms with van der Waals surface area (Å²) in [5.41, 5.74) is 3.36. The largest absolute Gasteiger partial charge is 0.487 e. The molecule has 5 heteroatoms. The van der Waals surface area contributed by atoms with Gasteiger partial charge in [-0.25, -0.2) is 4.98 Å². The lowest BCUT2D eigenvalue weighted by atomic mass is 10.1. The minimum Gasteiger partial charge on any atom is -0.487 e. The SMILES string of the molecule is CCOC(CCc1ccc(OCc2nc(-c3ccccc3)oc2C)cc1)SCC. The molecule has 0 aliphatic heterocycles. The van der Waals surface area contributed by atoms with Gasteiger partial charge in [-0.2, -0.15) is 0 Å². The van der Waals surface area contributed by atoms with Gasteiger partial charge in [0, 0.05) is 12.2 Å². The maximum absolute atomic E-state index is 5.93. The van der Waals surface area contributed by atoms with Crippen LogP contribution in [0, 0.1) is 6.92 Å². The Bertz CT molecular complexity index is 856. The van der Waals surface area contributed by atoms with E-state index in [1.165, 1.54) is 5.56 Å². The fourth-order valence-corrected chi connectivity index (χ4v) is 3.93. The highest BCUT2D eigenvalue weighted by Crippen LogP contribution is 2.23. The third-order valence-electron chi connectivity index (χ3n) is 4.59. The molecule has 2 aromatic carbocycles. The van der Waals surface area contributed by atoms with Crippen molar-refractivity contribution >= 4 is 11.8 Å². The second kappa shape index (κ2) is 11.1. The molecule has 3 aromatic rings. The Hall–Kier alpha value is -2.24. The van der Waals surface area contributed by atoms with Gasteiger partial charge in [-0.3, -0.25) is 0 Å². The van der Waals surface area contributed by atoms with Gasteiger partial charge in [0.15, 0.2) is 0 Å². The number of benzene rings is 2. The van der Waals surface area contributed by atoms with Gasteiger partial charge in [-0.05, 0) is 62.3 Å². The van der Waals surface area contributed by atoms with Gasteiger partial charge in [0.1, 0.15) is 29.2 Å². The Morgan fingerprint density at radius 2 is 1.79 bits per heavy atom. The Labute approximate surface area is 177 Å². The summed E-state index contributed by atoms with van der Waals surface area (Å²) in [6.07, 6.45) is 2.02. The summed E-state index contributed by atoms with van der Waals surface area (Å²) in [7, 11) is 0. The smallest absolute Gasteiger partial charge is 0.226 e. The first-order valence-corrected chi connectivity index (χ1v) is 11.2. The number of hydrogen-bond donors (Lipinski definition) is 0. The molecule has 0 saturated heterocycles. The summed E-state index contributed by atoms with van der Waals surface area (Å²) >= 11 is 1.87. The topological polar surface area (TPSA) is 44.5 Å². The molecule has 1 atom stereocenters. The first-order valence-electron chi connectivity index (χ1n) is 10.2. The van der Waals surface area contributed by atoms with Crippen LogP contribution in [0.4, 0.5) is 0 Å². The van der Waals surface area contributed by atoms with Crippen molar-refractivity contribution in [2.24, 2.45) is 0 Å². The van der Waals surface area contributed by atoms with E-state index in [1.54, 1.807) is 0 Å². The summed E-state index contributed by atoms with van der Waals surface area (Å²) in [6, 6.07) is 18.2. The molecule has 0 N–H and O–H groups in total. The Kier molecular flexibility index (Phi) is 8.20. The number of hydrogen-bond acceptors (Lipinski definition) is 5. The van der Waals surface area contributed by atoms with Crippen LogP contribution in [0.5, 0.6) is 5.75 Å². The van der Waals surface area contributed by atoms with E-state index >= 15 is 0 Å². The van der Waals surface area contributed by atoms with Gasteiger partial charge >= 0.3 is 0 Å². The third-order valence-corrected chi connectivity index (χ3v) is 5.66. The number of nitrogens with zero attached hydrogens (tertiary/aromatic N) is 1. The van der Waals surface area contributed by atoms with Crippen molar-refractivity contribution in [3.8, 4) is 17.2 Å². The molecule has 154 valence electrons. The van der Waals surface area contributed by atoms with Gasteiger partial charge in [-0.1, -0.05) is 37.3 Å². The maximum Gasteiger partial charge on any atom is 0.226 e. The number of oxazole rings is 1. The first-order chi connectivity index (χ1) is 14.2. The Morgan fingerprint density at radius 3 is 2.48 bits per heavy atom. The van der Waals surface area contributed by atoms with Gasteiger partial charge in [0.2, 0.25) is 5.89 Å². The van der Waals surface area contributed by atoms with Crippen LogP contribution in [-0.4, -0.2) is 22.8 Å². The number of rotatable bonds is 11. The normalized spacial score (nSPS) is 12.1. The average molecular weight is 412 g/mol. The van der Waals surface area contributed by atoms with Crippen LogP contribution in [0.3, 0.4) is 0 Å². The number of ether oxygens (including phenoxy) is 2. The van der Waals surface area contributed by atoms with Crippen molar-refractivity contribution in [1.82, 2.24) is 4.98 Å². The van der Waals surface area contributed by atoms with E-state index in [0.29, 0.717) is 12.5 Å². The molecule has 0 spiro atoms. The van der Waals surface area contributed by atoms with E-state index in [1.807, 2.05) is 61.2 Å². The fourth-order valence-electron chi connectivity index (χ4n) is 3.04. The van der Waals surface area contributed by atoms with Crippen LogP contribution in [0.25, 0.3) is 11.5 Å². The monoisotopic (exact) mass is 411 g/mol. The van der Waals surface area contributed by atoms with Gasteiger partial charge in [0.05, 0.1) is 0 Å². The van der Waals surface area contributed by atoms with Crippen molar-refractivity contribution in [1.29, 1.82) is 0 Å². The lowest BCUT2D eigenvalue weighted by molar-refractivity contribution is 0.119. The van der Waals surface area contributed by atoms with E-state index in [-0.39, 0.29) is 5.44 Å². The van der Waals surface area contributed by atoms with E-state index in [2.05, 4.69) is 31.0 Å². The highest BCUT2D eigenvalue weighted by Gasteiger charge is 2.12. The van der Waals surface area contributed by atoms with Crippen LogP contribution in [0.1, 0.15) is 37.3 Å². The summed E-state index contributed by atoms with van der Waals surface area (Å²) in [4.78, 5) is 4.59. The molecule has 0 aliphatic carbocycles. The summed E-state index contributed by atoms with van der Waals surface area (Å²) in [5, 5.41) is 0.